The molecule has 90 valence electrons. The molecule has 0 radical (unpaired) electrons. The van der Waals surface area contributed by atoms with Gasteiger partial charge in [-0.15, -0.1) is 0 Å². The van der Waals surface area contributed by atoms with Crippen molar-refractivity contribution < 1.29 is 9.59 Å². The zero-order chi connectivity index (χ0) is 11.9. The summed E-state index contributed by atoms with van der Waals surface area (Å²) in [5.41, 5.74) is -0.0689. The second kappa shape index (κ2) is 4.13. The average molecular weight is 288 g/mol. The third kappa shape index (κ3) is 1.71. The number of rotatable bonds is 5. The zero-order valence-electron chi connectivity index (χ0n) is 9.83. The molecule has 3 nitrogen and oxygen atoms in total. The predicted octanol–water partition coefficient (Wildman–Crippen LogP) is 2.19. The first-order valence-corrected chi connectivity index (χ1v) is 7.05. The van der Waals surface area contributed by atoms with Crippen LogP contribution in [-0.2, 0) is 9.59 Å². The van der Waals surface area contributed by atoms with Gasteiger partial charge in [0.2, 0.25) is 11.8 Å². The van der Waals surface area contributed by atoms with Crippen molar-refractivity contribution >= 4 is 27.7 Å². The number of halogens is 1. The van der Waals surface area contributed by atoms with E-state index in [0.717, 1.165) is 24.6 Å². The van der Waals surface area contributed by atoms with E-state index in [1.807, 2.05) is 13.8 Å². The molecule has 1 saturated heterocycles. The molecule has 0 aromatic rings. The summed E-state index contributed by atoms with van der Waals surface area (Å²) in [4.78, 5) is 25.3. The van der Waals surface area contributed by atoms with Crippen molar-refractivity contribution in [3.63, 3.8) is 0 Å². The van der Waals surface area contributed by atoms with Gasteiger partial charge in [-0.1, -0.05) is 36.2 Å². The van der Waals surface area contributed by atoms with Crippen LogP contribution >= 0.6 is 15.9 Å². The van der Waals surface area contributed by atoms with Gasteiger partial charge < -0.3 is 0 Å². The molecule has 0 bridgehead atoms. The van der Waals surface area contributed by atoms with E-state index in [9.17, 15) is 9.59 Å². The lowest BCUT2D eigenvalue weighted by Gasteiger charge is -2.20. The first-order chi connectivity index (χ1) is 7.51. The number of imide groups is 1. The minimum absolute atomic E-state index is 0.0174. The van der Waals surface area contributed by atoms with E-state index in [2.05, 4.69) is 15.9 Å². The Morgan fingerprint density at radius 2 is 1.69 bits per heavy atom. The van der Waals surface area contributed by atoms with Crippen LogP contribution in [-0.4, -0.2) is 28.6 Å². The molecule has 0 spiro atoms. The van der Waals surface area contributed by atoms with E-state index in [0.29, 0.717) is 6.54 Å². The molecular weight excluding hydrogens is 270 g/mol. The van der Waals surface area contributed by atoms with Gasteiger partial charge in [-0.3, -0.25) is 14.5 Å². The lowest BCUT2D eigenvalue weighted by Crippen LogP contribution is -2.36. The minimum Gasteiger partial charge on any atom is -0.282 e. The standard InChI is InChI=1S/C12H18BrNO2/c1-12(2)8-9(12)11(16)14(10(8)15)7-5-3-4-6-13/h8-9H,3-7H2,1-2H3. The Bertz CT molecular complexity index is 303. The van der Waals surface area contributed by atoms with Crippen LogP contribution in [0.5, 0.6) is 0 Å². The molecule has 1 saturated carbocycles. The third-order valence-corrected chi connectivity index (χ3v) is 4.47. The van der Waals surface area contributed by atoms with Crippen LogP contribution < -0.4 is 0 Å². The van der Waals surface area contributed by atoms with Crippen LogP contribution in [0.15, 0.2) is 0 Å². The topological polar surface area (TPSA) is 37.4 Å². The van der Waals surface area contributed by atoms with Crippen LogP contribution in [0.1, 0.15) is 33.1 Å². The SMILES string of the molecule is CC1(C)C2C(=O)N(CCCCCBr)C(=O)C21. The van der Waals surface area contributed by atoms with E-state index in [1.165, 1.54) is 4.90 Å². The number of likely N-dealkylation sites (tertiary alicyclic amines) is 1. The summed E-state index contributed by atoms with van der Waals surface area (Å²) in [7, 11) is 0. The van der Waals surface area contributed by atoms with Crippen molar-refractivity contribution in [3.8, 4) is 0 Å². The first-order valence-electron chi connectivity index (χ1n) is 5.93. The number of amides is 2. The molecule has 2 rings (SSSR count). The predicted molar refractivity (Wildman–Crippen MR) is 65.1 cm³/mol. The zero-order valence-corrected chi connectivity index (χ0v) is 11.4. The van der Waals surface area contributed by atoms with Crippen molar-refractivity contribution in [2.75, 3.05) is 11.9 Å². The Kier molecular flexibility index (Phi) is 3.12. The van der Waals surface area contributed by atoms with Crippen LogP contribution in [0.3, 0.4) is 0 Å². The summed E-state index contributed by atoms with van der Waals surface area (Å²) in [5, 5.41) is 0.993. The van der Waals surface area contributed by atoms with E-state index in [-0.39, 0.29) is 29.1 Å². The molecule has 1 heterocycles. The molecule has 2 fully saturated rings. The van der Waals surface area contributed by atoms with E-state index in [1.54, 1.807) is 0 Å². The first kappa shape index (κ1) is 12.1. The number of nitrogens with zero attached hydrogens (tertiary/aromatic N) is 1. The summed E-state index contributed by atoms with van der Waals surface area (Å²) < 4.78 is 0. The summed E-state index contributed by atoms with van der Waals surface area (Å²) in [5.74, 6) is 0.102. The number of alkyl halides is 1. The smallest absolute Gasteiger partial charge is 0.233 e. The highest BCUT2D eigenvalue weighted by atomic mass is 79.9. The molecular formula is C12H18BrNO2. The Morgan fingerprint density at radius 1 is 1.12 bits per heavy atom. The Hall–Kier alpha value is -0.380. The molecule has 0 aromatic carbocycles. The van der Waals surface area contributed by atoms with Crippen LogP contribution in [0.25, 0.3) is 0 Å². The monoisotopic (exact) mass is 287 g/mol. The fourth-order valence-corrected chi connectivity index (χ4v) is 3.16. The van der Waals surface area contributed by atoms with Gasteiger partial charge in [0.25, 0.3) is 0 Å². The molecule has 2 atom stereocenters. The second-order valence-electron chi connectivity index (χ2n) is 5.35. The van der Waals surface area contributed by atoms with Crippen molar-refractivity contribution in [3.05, 3.63) is 0 Å². The van der Waals surface area contributed by atoms with Gasteiger partial charge in [-0.2, -0.15) is 0 Å². The van der Waals surface area contributed by atoms with E-state index >= 15 is 0 Å². The molecule has 0 aromatic heterocycles. The maximum atomic E-state index is 11.9. The van der Waals surface area contributed by atoms with Gasteiger partial charge >= 0.3 is 0 Å². The molecule has 1 aliphatic heterocycles. The highest BCUT2D eigenvalue weighted by Crippen LogP contribution is 2.63. The number of hydrogen-bond donors (Lipinski definition) is 0. The number of fused-ring (bicyclic) bond motifs is 1. The molecule has 2 unspecified atom stereocenters. The molecule has 2 aliphatic rings. The number of piperidine rings is 1. The second-order valence-corrected chi connectivity index (χ2v) is 6.15. The number of hydrogen-bond acceptors (Lipinski definition) is 2. The van der Waals surface area contributed by atoms with Crippen molar-refractivity contribution in [1.29, 1.82) is 0 Å². The molecule has 1 aliphatic carbocycles. The molecule has 2 amide bonds. The highest BCUT2D eigenvalue weighted by molar-refractivity contribution is 9.09. The lowest BCUT2D eigenvalue weighted by atomic mass is 10.1. The molecule has 16 heavy (non-hydrogen) atoms. The number of unbranched alkanes of at least 4 members (excludes halogenated alkanes) is 2. The van der Waals surface area contributed by atoms with Crippen LogP contribution in [0, 0.1) is 17.3 Å². The summed E-state index contributed by atoms with van der Waals surface area (Å²) in [6.07, 6.45) is 3.11. The number of carbonyl (C=O) groups excluding carboxylic acids is 2. The van der Waals surface area contributed by atoms with Crippen molar-refractivity contribution in [2.24, 2.45) is 17.3 Å². The van der Waals surface area contributed by atoms with Gasteiger partial charge in [0, 0.05) is 11.9 Å². The largest absolute Gasteiger partial charge is 0.282 e. The van der Waals surface area contributed by atoms with Gasteiger partial charge in [0.1, 0.15) is 0 Å². The summed E-state index contributed by atoms with van der Waals surface area (Å²) in [6.45, 7) is 4.65. The van der Waals surface area contributed by atoms with E-state index in [4.69, 9.17) is 0 Å². The summed E-state index contributed by atoms with van der Waals surface area (Å²) >= 11 is 3.37. The molecule has 4 heteroatoms. The van der Waals surface area contributed by atoms with Gasteiger partial charge in [-0.25, -0.2) is 0 Å². The lowest BCUT2D eigenvalue weighted by molar-refractivity contribution is -0.143. The maximum absolute atomic E-state index is 11.9. The average Bonchev–Trinajstić information content (AvgIpc) is 2.68. The molecule has 0 N–H and O–H groups in total. The summed E-state index contributed by atoms with van der Waals surface area (Å²) in [6, 6.07) is 0. The van der Waals surface area contributed by atoms with Gasteiger partial charge in [0.05, 0.1) is 11.8 Å². The maximum Gasteiger partial charge on any atom is 0.233 e. The highest BCUT2D eigenvalue weighted by Gasteiger charge is 2.72. The normalized spacial score (nSPS) is 30.8. The van der Waals surface area contributed by atoms with Crippen LogP contribution in [0.4, 0.5) is 0 Å². The fraction of sp³-hybridized carbons (Fsp3) is 0.833. The van der Waals surface area contributed by atoms with Crippen LogP contribution in [0.2, 0.25) is 0 Å². The Labute approximate surface area is 105 Å². The third-order valence-electron chi connectivity index (χ3n) is 3.91. The fourth-order valence-electron chi connectivity index (χ4n) is 2.77. The van der Waals surface area contributed by atoms with Gasteiger partial charge in [0.15, 0.2) is 0 Å². The minimum atomic E-state index is -0.0689. The van der Waals surface area contributed by atoms with Crippen molar-refractivity contribution in [1.82, 2.24) is 4.90 Å². The Morgan fingerprint density at radius 3 is 2.19 bits per heavy atom. The van der Waals surface area contributed by atoms with Gasteiger partial charge in [-0.05, 0) is 18.3 Å². The van der Waals surface area contributed by atoms with Crippen molar-refractivity contribution in [2.45, 2.75) is 33.1 Å². The number of carbonyl (C=O) groups is 2. The van der Waals surface area contributed by atoms with E-state index < -0.39 is 0 Å². The quantitative estimate of drug-likeness (QED) is 0.442. The Balaban J connectivity index is 1.86.